The van der Waals surface area contributed by atoms with Crippen LogP contribution < -0.4 is 5.32 Å². The molecule has 1 aliphatic heterocycles. The number of hydrogen-bond donors (Lipinski definition) is 2. The standard InChI is InChI=1S/C19H18N4O3/c1-3-19(18(25)26-4-2)12-9-14-15(10-13(12)23-17(19)24)22-16(21-14)11-5-7-20-8-6-11/h5-10H,3-4H2,1-2H3,(H,21,22)(H,23,24). The first kappa shape index (κ1) is 16.3. The quantitative estimate of drug-likeness (QED) is 0.557. The highest BCUT2D eigenvalue weighted by Gasteiger charge is 2.53. The molecule has 1 amide bonds. The maximum absolute atomic E-state index is 12.6. The van der Waals surface area contributed by atoms with E-state index in [0.29, 0.717) is 29.0 Å². The molecule has 0 spiro atoms. The Morgan fingerprint density at radius 3 is 2.69 bits per heavy atom. The van der Waals surface area contributed by atoms with E-state index in [2.05, 4.69) is 20.3 Å². The summed E-state index contributed by atoms with van der Waals surface area (Å²) < 4.78 is 5.20. The third-order valence-corrected chi connectivity index (χ3v) is 4.82. The van der Waals surface area contributed by atoms with Crippen molar-refractivity contribution in [3.05, 3.63) is 42.2 Å². The second-order valence-electron chi connectivity index (χ2n) is 6.17. The molecule has 1 atom stereocenters. The Bertz CT molecular complexity index is 1010. The molecule has 4 rings (SSSR count). The zero-order valence-electron chi connectivity index (χ0n) is 14.5. The van der Waals surface area contributed by atoms with Crippen molar-refractivity contribution in [3.8, 4) is 11.4 Å². The summed E-state index contributed by atoms with van der Waals surface area (Å²) in [7, 11) is 0. The zero-order chi connectivity index (χ0) is 18.3. The number of aromatic amines is 1. The molecule has 1 aliphatic rings. The maximum atomic E-state index is 12.6. The topological polar surface area (TPSA) is 97.0 Å². The van der Waals surface area contributed by atoms with Crippen molar-refractivity contribution < 1.29 is 14.3 Å². The lowest BCUT2D eigenvalue weighted by atomic mass is 9.79. The van der Waals surface area contributed by atoms with Crippen LogP contribution in [0.5, 0.6) is 0 Å². The Hall–Kier alpha value is -3.22. The number of esters is 1. The first-order chi connectivity index (χ1) is 12.6. The number of hydrogen-bond acceptors (Lipinski definition) is 5. The molecule has 0 aliphatic carbocycles. The molecule has 2 aromatic heterocycles. The lowest BCUT2D eigenvalue weighted by Crippen LogP contribution is -2.43. The van der Waals surface area contributed by atoms with Crippen molar-refractivity contribution in [1.82, 2.24) is 15.0 Å². The third kappa shape index (κ3) is 2.20. The molecule has 2 N–H and O–H groups in total. The summed E-state index contributed by atoms with van der Waals surface area (Å²) in [5.41, 5.74) is 2.29. The zero-order valence-corrected chi connectivity index (χ0v) is 14.5. The van der Waals surface area contributed by atoms with Crippen LogP contribution in [0.2, 0.25) is 0 Å². The summed E-state index contributed by atoms with van der Waals surface area (Å²) in [5.74, 6) is -0.172. The predicted octanol–water partition coefficient (Wildman–Crippen LogP) is 2.79. The Morgan fingerprint density at radius 2 is 2.00 bits per heavy atom. The molecular formula is C19H18N4O3. The number of rotatable bonds is 4. The lowest BCUT2D eigenvalue weighted by Gasteiger charge is -2.23. The second kappa shape index (κ2) is 5.94. The monoisotopic (exact) mass is 350 g/mol. The normalized spacial score (nSPS) is 18.6. The number of benzene rings is 1. The first-order valence-corrected chi connectivity index (χ1v) is 8.53. The molecule has 0 bridgehead atoms. The largest absolute Gasteiger partial charge is 0.465 e. The van der Waals surface area contributed by atoms with Crippen LogP contribution in [0.4, 0.5) is 5.69 Å². The highest BCUT2D eigenvalue weighted by Crippen LogP contribution is 2.43. The lowest BCUT2D eigenvalue weighted by molar-refractivity contribution is -0.153. The number of H-pyrrole nitrogens is 1. The fourth-order valence-corrected chi connectivity index (χ4v) is 3.46. The molecule has 0 saturated carbocycles. The van der Waals surface area contributed by atoms with Gasteiger partial charge in [0.05, 0.1) is 17.6 Å². The highest BCUT2D eigenvalue weighted by atomic mass is 16.5. The highest BCUT2D eigenvalue weighted by molar-refractivity contribution is 6.20. The van der Waals surface area contributed by atoms with Crippen molar-refractivity contribution in [3.63, 3.8) is 0 Å². The van der Waals surface area contributed by atoms with Gasteiger partial charge in [-0.25, -0.2) is 4.98 Å². The van der Waals surface area contributed by atoms with Crippen LogP contribution in [0.1, 0.15) is 25.8 Å². The van der Waals surface area contributed by atoms with E-state index in [-0.39, 0.29) is 12.5 Å². The number of imidazole rings is 1. The van der Waals surface area contributed by atoms with Crippen LogP contribution in [-0.4, -0.2) is 33.4 Å². The van der Waals surface area contributed by atoms with Gasteiger partial charge < -0.3 is 15.0 Å². The van der Waals surface area contributed by atoms with E-state index in [1.54, 1.807) is 25.4 Å². The number of ether oxygens (including phenoxy) is 1. The van der Waals surface area contributed by atoms with Gasteiger partial charge >= 0.3 is 5.97 Å². The SMILES string of the molecule is CCOC(=O)C1(CC)C(=O)Nc2cc3[nH]c(-c4ccncc4)nc3cc21. The third-order valence-electron chi connectivity index (χ3n) is 4.82. The number of pyridine rings is 1. The molecule has 0 fully saturated rings. The van der Waals surface area contributed by atoms with Crippen molar-refractivity contribution >= 4 is 28.6 Å². The Labute approximate surface area is 149 Å². The van der Waals surface area contributed by atoms with E-state index < -0.39 is 11.4 Å². The van der Waals surface area contributed by atoms with Gasteiger partial charge in [0.2, 0.25) is 5.91 Å². The summed E-state index contributed by atoms with van der Waals surface area (Å²) in [5, 5.41) is 2.82. The number of amides is 1. The summed E-state index contributed by atoms with van der Waals surface area (Å²) >= 11 is 0. The molecule has 0 saturated heterocycles. The molecule has 7 heteroatoms. The van der Waals surface area contributed by atoms with Gasteiger partial charge in [-0.05, 0) is 37.6 Å². The molecule has 1 aromatic carbocycles. The number of aromatic nitrogens is 3. The fraction of sp³-hybridized carbons (Fsp3) is 0.263. The number of nitrogens with zero attached hydrogens (tertiary/aromatic N) is 2. The average molecular weight is 350 g/mol. The predicted molar refractivity (Wildman–Crippen MR) is 96.6 cm³/mol. The van der Waals surface area contributed by atoms with Gasteiger partial charge in [0, 0.05) is 29.2 Å². The molecule has 0 radical (unpaired) electrons. The van der Waals surface area contributed by atoms with Gasteiger partial charge in [-0.1, -0.05) is 6.92 Å². The minimum atomic E-state index is -1.32. The van der Waals surface area contributed by atoms with Crippen LogP contribution in [0.3, 0.4) is 0 Å². The van der Waals surface area contributed by atoms with Gasteiger partial charge in [0.25, 0.3) is 0 Å². The average Bonchev–Trinajstić information content (AvgIpc) is 3.18. The minimum Gasteiger partial charge on any atom is -0.465 e. The Balaban J connectivity index is 1.87. The molecule has 26 heavy (non-hydrogen) atoms. The number of nitrogens with one attached hydrogen (secondary N) is 2. The number of carbonyl (C=O) groups excluding carboxylic acids is 2. The number of carbonyl (C=O) groups is 2. The van der Waals surface area contributed by atoms with Gasteiger partial charge in [-0.2, -0.15) is 0 Å². The van der Waals surface area contributed by atoms with Crippen LogP contribution >= 0.6 is 0 Å². The number of fused-ring (bicyclic) bond motifs is 2. The van der Waals surface area contributed by atoms with Crippen LogP contribution in [-0.2, 0) is 19.7 Å². The van der Waals surface area contributed by atoms with E-state index in [1.165, 1.54) is 0 Å². The summed E-state index contributed by atoms with van der Waals surface area (Å²) in [6, 6.07) is 7.34. The fourth-order valence-electron chi connectivity index (χ4n) is 3.46. The molecular weight excluding hydrogens is 332 g/mol. The van der Waals surface area contributed by atoms with Crippen LogP contribution in [0.15, 0.2) is 36.7 Å². The molecule has 3 aromatic rings. The van der Waals surface area contributed by atoms with E-state index in [9.17, 15) is 9.59 Å². The molecule has 3 heterocycles. The van der Waals surface area contributed by atoms with Crippen LogP contribution in [0.25, 0.3) is 22.4 Å². The van der Waals surface area contributed by atoms with Gasteiger partial charge in [0.1, 0.15) is 5.82 Å². The first-order valence-electron chi connectivity index (χ1n) is 8.53. The van der Waals surface area contributed by atoms with Crippen molar-refractivity contribution in [2.75, 3.05) is 11.9 Å². The van der Waals surface area contributed by atoms with Gasteiger partial charge in [0.15, 0.2) is 5.41 Å². The van der Waals surface area contributed by atoms with Crippen molar-refractivity contribution in [2.45, 2.75) is 25.7 Å². The molecule has 132 valence electrons. The molecule has 7 nitrogen and oxygen atoms in total. The van der Waals surface area contributed by atoms with E-state index in [1.807, 2.05) is 25.1 Å². The van der Waals surface area contributed by atoms with E-state index >= 15 is 0 Å². The van der Waals surface area contributed by atoms with E-state index in [0.717, 1.165) is 11.1 Å². The van der Waals surface area contributed by atoms with Crippen molar-refractivity contribution in [1.29, 1.82) is 0 Å². The Kier molecular flexibility index (Phi) is 3.72. The van der Waals surface area contributed by atoms with E-state index in [4.69, 9.17) is 4.74 Å². The van der Waals surface area contributed by atoms with Crippen molar-refractivity contribution in [2.24, 2.45) is 0 Å². The smallest absolute Gasteiger partial charge is 0.326 e. The Morgan fingerprint density at radius 1 is 1.23 bits per heavy atom. The second-order valence-corrected chi connectivity index (χ2v) is 6.17. The summed E-state index contributed by atoms with van der Waals surface area (Å²) in [6.45, 7) is 3.76. The maximum Gasteiger partial charge on any atom is 0.326 e. The van der Waals surface area contributed by atoms with Gasteiger partial charge in [-0.15, -0.1) is 0 Å². The molecule has 1 unspecified atom stereocenters. The van der Waals surface area contributed by atoms with Gasteiger partial charge in [-0.3, -0.25) is 14.6 Å². The minimum absolute atomic E-state index is 0.222. The van der Waals surface area contributed by atoms with Crippen LogP contribution in [0, 0.1) is 0 Å². The summed E-state index contributed by atoms with van der Waals surface area (Å²) in [4.78, 5) is 37.1. The number of anilines is 1. The summed E-state index contributed by atoms with van der Waals surface area (Å²) in [6.07, 6.45) is 3.72.